The highest BCUT2D eigenvalue weighted by Gasteiger charge is 2.52. The molecule has 5 aliphatic rings. The van der Waals surface area contributed by atoms with Gasteiger partial charge in [-0.2, -0.15) is 9.29 Å². The lowest BCUT2D eigenvalue weighted by atomic mass is 9.81. The zero-order valence-electron chi connectivity index (χ0n) is 20.0. The Morgan fingerprint density at radius 1 is 1.06 bits per heavy atom. The van der Waals surface area contributed by atoms with Crippen molar-refractivity contribution in [3.05, 3.63) is 41.6 Å². The number of H-pyrrole nitrogens is 1. The van der Waals surface area contributed by atoms with Gasteiger partial charge in [-0.15, -0.1) is 5.10 Å². The molecule has 6 heterocycles. The molecule has 1 aliphatic carbocycles. The van der Waals surface area contributed by atoms with Crippen molar-refractivity contribution < 1.29 is 13.2 Å². The van der Waals surface area contributed by atoms with E-state index in [1.165, 1.54) is 15.4 Å². The Hall–Kier alpha value is -3.02. The van der Waals surface area contributed by atoms with E-state index in [4.69, 9.17) is 4.74 Å². The number of nitrogens with one attached hydrogen (secondary N) is 2. The Kier molecular flexibility index (Phi) is 5.09. The van der Waals surface area contributed by atoms with Crippen LogP contribution in [0.25, 0.3) is 11.1 Å². The number of sulfonamides is 1. The zero-order chi connectivity index (χ0) is 24.3. The second kappa shape index (κ2) is 8.25. The highest BCUT2D eigenvalue weighted by molar-refractivity contribution is 7.89. The number of aromatic nitrogens is 4. The summed E-state index contributed by atoms with van der Waals surface area (Å²) >= 11 is 0. The van der Waals surface area contributed by atoms with E-state index in [9.17, 15) is 8.42 Å². The van der Waals surface area contributed by atoms with Crippen LogP contribution >= 0.6 is 0 Å². The Balaban J connectivity index is 1.29. The molecule has 4 aliphatic heterocycles. The molecule has 0 radical (unpaired) electrons. The summed E-state index contributed by atoms with van der Waals surface area (Å²) in [5, 5.41) is 10.2. The number of hydrogen-bond donors (Lipinski definition) is 2. The minimum atomic E-state index is -3.72. The average molecular weight is 508 g/mol. The van der Waals surface area contributed by atoms with Gasteiger partial charge in [0.25, 0.3) is 15.2 Å². The van der Waals surface area contributed by atoms with Crippen LogP contribution in [0.4, 0.5) is 11.6 Å². The van der Waals surface area contributed by atoms with Gasteiger partial charge in [0.2, 0.25) is 11.8 Å². The van der Waals surface area contributed by atoms with Crippen molar-refractivity contribution in [1.82, 2.24) is 29.4 Å². The van der Waals surface area contributed by atoms with Crippen molar-refractivity contribution in [2.24, 2.45) is 5.41 Å². The van der Waals surface area contributed by atoms with Crippen molar-refractivity contribution in [2.75, 3.05) is 44.6 Å². The summed E-state index contributed by atoms with van der Waals surface area (Å²) in [5.74, 6) is 0.858. The molecule has 1 aromatic carbocycles. The molecule has 2 fully saturated rings. The van der Waals surface area contributed by atoms with Gasteiger partial charge < -0.3 is 15.0 Å². The molecule has 0 amide bonds. The monoisotopic (exact) mass is 507 g/mol. The fourth-order valence-electron chi connectivity index (χ4n) is 6.17. The maximum atomic E-state index is 13.3. The SMILES string of the molecule is O=S1(=O)c2nc(n[nH]2)Nc2c(ccc3c2CCC3)-c2ccnc(c2)OCCCN2CCC3(C2)CN1C3. The molecule has 36 heavy (non-hydrogen) atoms. The lowest BCUT2D eigenvalue weighted by Crippen LogP contribution is -2.59. The number of benzene rings is 1. The van der Waals surface area contributed by atoms with Crippen molar-refractivity contribution in [3.63, 3.8) is 0 Å². The largest absolute Gasteiger partial charge is 0.478 e. The first-order valence-corrected chi connectivity index (χ1v) is 14.1. The number of aryl methyl sites for hydroxylation is 1. The number of hydrogen-bond acceptors (Lipinski definition) is 8. The molecule has 1 unspecified atom stereocenters. The van der Waals surface area contributed by atoms with Crippen LogP contribution in [0.15, 0.2) is 35.6 Å². The quantitative estimate of drug-likeness (QED) is 0.477. The molecule has 1 spiro atoms. The Morgan fingerprint density at radius 3 is 2.89 bits per heavy atom. The van der Waals surface area contributed by atoms with Crippen molar-refractivity contribution in [1.29, 1.82) is 0 Å². The van der Waals surface area contributed by atoms with Crippen molar-refractivity contribution >= 4 is 21.7 Å². The smallest absolute Gasteiger partial charge is 0.278 e. The minimum Gasteiger partial charge on any atom is -0.478 e. The van der Waals surface area contributed by atoms with Gasteiger partial charge in [0.1, 0.15) is 0 Å². The first-order chi connectivity index (χ1) is 17.5. The molecule has 10 nitrogen and oxygen atoms in total. The standard InChI is InChI=1S/C25H29N7O3S/c33-36(34)24-28-23(29-30-24)27-22-19-4-1-3-17(19)5-6-20(22)18-7-9-26-21(13-18)35-12-2-10-31-11-8-25(14-31)15-32(36)16-25/h5-7,9,13H,1-4,8,10-12,14-16H2,(H2,27,28,29,30). The molecular weight excluding hydrogens is 478 g/mol. The van der Waals surface area contributed by atoms with Crippen LogP contribution < -0.4 is 10.1 Å². The third kappa shape index (κ3) is 3.68. The number of pyridine rings is 1. The van der Waals surface area contributed by atoms with E-state index in [-0.39, 0.29) is 16.5 Å². The van der Waals surface area contributed by atoms with Crippen LogP contribution in [0.1, 0.15) is 30.4 Å². The van der Waals surface area contributed by atoms with E-state index in [1.807, 2.05) is 12.1 Å². The maximum Gasteiger partial charge on any atom is 0.278 e. The molecule has 7 bridgehead atoms. The maximum absolute atomic E-state index is 13.3. The lowest BCUT2D eigenvalue weighted by molar-refractivity contribution is 0.0767. The third-order valence-corrected chi connectivity index (χ3v) is 9.63. The summed E-state index contributed by atoms with van der Waals surface area (Å²) in [4.78, 5) is 11.2. The number of ether oxygens (including phenoxy) is 1. The summed E-state index contributed by atoms with van der Waals surface area (Å²) in [6.45, 7) is 4.47. The van der Waals surface area contributed by atoms with Crippen molar-refractivity contribution in [3.8, 4) is 17.0 Å². The second-order valence-corrected chi connectivity index (χ2v) is 12.3. The molecule has 2 N–H and O–H groups in total. The zero-order valence-corrected chi connectivity index (χ0v) is 20.9. The van der Waals surface area contributed by atoms with Crippen molar-refractivity contribution in [2.45, 2.75) is 37.3 Å². The van der Waals surface area contributed by atoms with Gasteiger partial charge in [-0.3, -0.25) is 0 Å². The molecule has 188 valence electrons. The highest BCUT2D eigenvalue weighted by Crippen LogP contribution is 2.42. The van der Waals surface area contributed by atoms with Crippen LogP contribution in [0.2, 0.25) is 0 Å². The van der Waals surface area contributed by atoms with Gasteiger partial charge in [0.05, 0.1) is 12.3 Å². The molecular formula is C25H29N7O3S. The number of nitrogens with zero attached hydrogens (tertiary/aromatic N) is 5. The fourth-order valence-corrected chi connectivity index (χ4v) is 7.67. The van der Waals surface area contributed by atoms with E-state index < -0.39 is 10.0 Å². The van der Waals surface area contributed by atoms with Gasteiger partial charge in [0, 0.05) is 49.4 Å². The van der Waals surface area contributed by atoms with Gasteiger partial charge in [-0.25, -0.2) is 18.5 Å². The summed E-state index contributed by atoms with van der Waals surface area (Å²) in [7, 11) is -3.72. The van der Waals surface area contributed by atoms with E-state index >= 15 is 0 Å². The van der Waals surface area contributed by atoms with Crippen LogP contribution in [0.5, 0.6) is 5.88 Å². The van der Waals surface area contributed by atoms with Crippen LogP contribution in [0.3, 0.4) is 0 Å². The molecule has 11 heteroatoms. The molecule has 3 aromatic rings. The Labute approximate surface area is 210 Å². The molecule has 2 saturated heterocycles. The van der Waals surface area contributed by atoms with Crippen LogP contribution in [-0.4, -0.2) is 77.1 Å². The first kappa shape index (κ1) is 22.2. The summed E-state index contributed by atoms with van der Waals surface area (Å²) < 4.78 is 34.1. The van der Waals surface area contributed by atoms with E-state index in [2.05, 4.69) is 42.5 Å². The van der Waals surface area contributed by atoms with E-state index in [0.29, 0.717) is 25.6 Å². The predicted octanol–water partition coefficient (Wildman–Crippen LogP) is 2.58. The van der Waals surface area contributed by atoms with E-state index in [1.54, 1.807) is 6.20 Å². The number of rotatable bonds is 0. The number of fused-ring (bicyclic) bond motifs is 4. The third-order valence-electron chi connectivity index (χ3n) is 8.02. The van der Waals surface area contributed by atoms with Gasteiger partial charge in [0.15, 0.2) is 0 Å². The van der Waals surface area contributed by atoms with E-state index in [0.717, 1.165) is 68.6 Å². The van der Waals surface area contributed by atoms with Gasteiger partial charge in [-0.05, 0) is 61.4 Å². The van der Waals surface area contributed by atoms with Gasteiger partial charge in [-0.1, -0.05) is 12.1 Å². The summed E-state index contributed by atoms with van der Waals surface area (Å²) in [5.41, 5.74) is 5.44. The van der Waals surface area contributed by atoms with Gasteiger partial charge >= 0.3 is 0 Å². The van der Waals surface area contributed by atoms with Crippen LogP contribution in [0, 0.1) is 5.41 Å². The lowest BCUT2D eigenvalue weighted by Gasteiger charge is -2.46. The number of anilines is 2. The molecule has 8 rings (SSSR count). The average Bonchev–Trinajstić information content (AvgIpc) is 3.60. The Bertz CT molecular complexity index is 1430. The topological polar surface area (TPSA) is 116 Å². The fraction of sp³-hybridized carbons (Fsp3) is 0.480. The minimum absolute atomic E-state index is 0.0350. The summed E-state index contributed by atoms with van der Waals surface area (Å²) in [6, 6.07) is 8.21. The second-order valence-electron chi connectivity index (χ2n) is 10.5. The molecule has 0 saturated carbocycles. The highest BCUT2D eigenvalue weighted by atomic mass is 32.2. The first-order valence-electron chi connectivity index (χ1n) is 12.7. The molecule has 1 atom stereocenters. The summed E-state index contributed by atoms with van der Waals surface area (Å²) in [6.07, 6.45) is 6.73. The number of aromatic amines is 1. The van der Waals surface area contributed by atoms with Crippen LogP contribution in [-0.2, 0) is 22.9 Å². The normalized spacial score (nSPS) is 28.3. The molecule has 2 aromatic heterocycles. The Morgan fingerprint density at radius 2 is 1.97 bits per heavy atom. The predicted molar refractivity (Wildman–Crippen MR) is 134 cm³/mol.